The summed E-state index contributed by atoms with van der Waals surface area (Å²) < 4.78 is 18.9. The summed E-state index contributed by atoms with van der Waals surface area (Å²) in [5, 5.41) is 9.96. The standard InChI is InChI=1S/C17H17FN2O2S/c1-19-23-20(11-12-21)17-15(22)10-9-14(16(17)18)8-7-13-5-3-2-4-6-13/h2-10,12,19,22H,11H2,1H3/b8-7+. The minimum Gasteiger partial charge on any atom is -0.506 e. The first-order chi connectivity index (χ1) is 11.2. The minimum absolute atomic E-state index is 0.0216. The number of phenolic OH excluding ortho intramolecular Hbond substituents is 1. The second-order valence-corrected chi connectivity index (χ2v) is 5.64. The lowest BCUT2D eigenvalue weighted by molar-refractivity contribution is -0.106. The molecule has 0 aromatic heterocycles. The van der Waals surface area contributed by atoms with E-state index in [1.54, 1.807) is 19.2 Å². The van der Waals surface area contributed by atoms with Crippen LogP contribution in [-0.4, -0.2) is 25.0 Å². The summed E-state index contributed by atoms with van der Waals surface area (Å²) in [4.78, 5) is 10.8. The number of nitrogens with one attached hydrogen (secondary N) is 1. The van der Waals surface area contributed by atoms with Crippen LogP contribution >= 0.6 is 12.1 Å². The molecule has 0 radical (unpaired) electrons. The molecule has 4 nitrogen and oxygen atoms in total. The second-order valence-electron chi connectivity index (χ2n) is 4.60. The second kappa shape index (κ2) is 8.36. The number of anilines is 1. The van der Waals surface area contributed by atoms with Gasteiger partial charge in [0, 0.05) is 17.7 Å². The normalized spacial score (nSPS) is 10.9. The number of nitrogens with zero attached hydrogens (tertiary/aromatic N) is 1. The number of aldehydes is 1. The average molecular weight is 332 g/mol. The molecule has 0 aliphatic rings. The molecule has 6 heteroatoms. The number of rotatable bonds is 7. The lowest BCUT2D eigenvalue weighted by Crippen LogP contribution is -2.22. The molecule has 0 spiro atoms. The topological polar surface area (TPSA) is 52.6 Å². The monoisotopic (exact) mass is 332 g/mol. The first-order valence-corrected chi connectivity index (χ1v) is 7.74. The number of aromatic hydroxyl groups is 1. The Morgan fingerprint density at radius 2 is 1.96 bits per heavy atom. The van der Waals surface area contributed by atoms with Crippen LogP contribution in [0.3, 0.4) is 0 Å². The maximum Gasteiger partial charge on any atom is 0.158 e. The van der Waals surface area contributed by atoms with Gasteiger partial charge in [-0.05, 0) is 24.7 Å². The summed E-state index contributed by atoms with van der Waals surface area (Å²) >= 11 is 1.03. The third-order valence-corrected chi connectivity index (χ3v) is 3.81. The first kappa shape index (κ1) is 17.1. The third-order valence-electron chi connectivity index (χ3n) is 3.07. The molecule has 120 valence electrons. The zero-order valence-corrected chi connectivity index (χ0v) is 13.4. The quantitative estimate of drug-likeness (QED) is 0.462. The fourth-order valence-corrected chi connectivity index (χ4v) is 2.66. The Morgan fingerprint density at radius 3 is 2.61 bits per heavy atom. The summed E-state index contributed by atoms with van der Waals surface area (Å²) in [7, 11) is 1.65. The molecule has 0 bridgehead atoms. The first-order valence-electron chi connectivity index (χ1n) is 6.97. The van der Waals surface area contributed by atoms with E-state index in [1.165, 1.54) is 16.4 Å². The highest BCUT2D eigenvalue weighted by atomic mass is 32.2. The molecule has 0 aliphatic heterocycles. The Kier molecular flexibility index (Phi) is 6.19. The summed E-state index contributed by atoms with van der Waals surface area (Å²) in [6.45, 7) is -0.0537. The van der Waals surface area contributed by atoms with Crippen molar-refractivity contribution in [1.82, 2.24) is 4.72 Å². The predicted octanol–water partition coefficient (Wildman–Crippen LogP) is 3.49. The molecular formula is C17H17FN2O2S. The van der Waals surface area contributed by atoms with Gasteiger partial charge in [0.05, 0.1) is 6.54 Å². The Bertz CT molecular complexity index is 692. The summed E-state index contributed by atoms with van der Waals surface area (Å²) in [6, 6.07) is 12.4. The van der Waals surface area contributed by atoms with E-state index in [4.69, 9.17) is 0 Å². The number of carbonyl (C=O) groups is 1. The van der Waals surface area contributed by atoms with Crippen molar-refractivity contribution in [3.63, 3.8) is 0 Å². The molecule has 0 saturated heterocycles. The SMILES string of the molecule is CNSN(CC=O)c1c(O)ccc(/C=C/c2ccccc2)c1F. The van der Waals surface area contributed by atoms with Crippen LogP contribution in [0.1, 0.15) is 11.1 Å². The van der Waals surface area contributed by atoms with Gasteiger partial charge in [0.15, 0.2) is 5.82 Å². The van der Waals surface area contributed by atoms with Crippen molar-refractivity contribution in [1.29, 1.82) is 0 Å². The molecule has 2 aromatic rings. The van der Waals surface area contributed by atoms with Gasteiger partial charge in [-0.25, -0.2) is 9.11 Å². The van der Waals surface area contributed by atoms with E-state index in [9.17, 15) is 14.3 Å². The molecule has 23 heavy (non-hydrogen) atoms. The summed E-state index contributed by atoms with van der Waals surface area (Å²) in [6.07, 6.45) is 4.07. The third kappa shape index (κ3) is 4.34. The van der Waals surface area contributed by atoms with Crippen LogP contribution in [0.5, 0.6) is 5.75 Å². The molecule has 0 saturated carbocycles. The van der Waals surface area contributed by atoms with Gasteiger partial charge in [0.25, 0.3) is 0 Å². The van der Waals surface area contributed by atoms with E-state index in [-0.39, 0.29) is 18.0 Å². The van der Waals surface area contributed by atoms with Crippen molar-refractivity contribution in [2.45, 2.75) is 0 Å². The molecule has 2 N–H and O–H groups in total. The van der Waals surface area contributed by atoms with Crippen molar-refractivity contribution in [2.24, 2.45) is 0 Å². The van der Waals surface area contributed by atoms with Crippen molar-refractivity contribution >= 4 is 36.3 Å². The molecular weight excluding hydrogens is 315 g/mol. The van der Waals surface area contributed by atoms with Crippen molar-refractivity contribution in [3.8, 4) is 5.75 Å². The van der Waals surface area contributed by atoms with Crippen LogP contribution in [0.25, 0.3) is 12.2 Å². The van der Waals surface area contributed by atoms with Crippen LogP contribution in [-0.2, 0) is 4.79 Å². The lowest BCUT2D eigenvalue weighted by Gasteiger charge is -2.22. The average Bonchev–Trinajstić information content (AvgIpc) is 2.55. The van der Waals surface area contributed by atoms with Gasteiger partial charge in [-0.2, -0.15) is 0 Å². The van der Waals surface area contributed by atoms with E-state index in [1.807, 2.05) is 30.3 Å². The molecule has 0 atom stereocenters. The van der Waals surface area contributed by atoms with Crippen LogP contribution in [0.4, 0.5) is 10.1 Å². The van der Waals surface area contributed by atoms with Gasteiger partial charge in [0.1, 0.15) is 17.7 Å². The van der Waals surface area contributed by atoms with Crippen LogP contribution in [0, 0.1) is 5.82 Å². The van der Waals surface area contributed by atoms with Crippen LogP contribution in [0.2, 0.25) is 0 Å². The molecule has 2 aromatic carbocycles. The Labute approximate surface area is 138 Å². The molecule has 0 heterocycles. The van der Waals surface area contributed by atoms with Gasteiger partial charge in [0.2, 0.25) is 0 Å². The zero-order chi connectivity index (χ0) is 16.7. The minimum atomic E-state index is -0.582. The van der Waals surface area contributed by atoms with E-state index in [2.05, 4.69) is 4.72 Å². The number of carbonyl (C=O) groups excluding carboxylic acids is 1. The zero-order valence-electron chi connectivity index (χ0n) is 12.6. The lowest BCUT2D eigenvalue weighted by atomic mass is 10.1. The van der Waals surface area contributed by atoms with Gasteiger partial charge in [-0.3, -0.25) is 4.31 Å². The highest BCUT2D eigenvalue weighted by Gasteiger charge is 2.19. The number of phenols is 1. The van der Waals surface area contributed by atoms with Gasteiger partial charge >= 0.3 is 0 Å². The van der Waals surface area contributed by atoms with E-state index in [0.29, 0.717) is 11.8 Å². The largest absolute Gasteiger partial charge is 0.506 e. The van der Waals surface area contributed by atoms with Crippen LogP contribution in [0.15, 0.2) is 42.5 Å². The maximum atomic E-state index is 14.7. The molecule has 0 amide bonds. The smallest absolute Gasteiger partial charge is 0.158 e. The molecule has 2 rings (SSSR count). The number of hydrogen-bond acceptors (Lipinski definition) is 5. The molecule has 0 fully saturated rings. The predicted molar refractivity (Wildman–Crippen MR) is 93.5 cm³/mol. The van der Waals surface area contributed by atoms with Crippen LogP contribution < -0.4 is 9.03 Å². The summed E-state index contributed by atoms with van der Waals surface area (Å²) in [5.41, 5.74) is 1.25. The van der Waals surface area contributed by atoms with E-state index < -0.39 is 5.82 Å². The summed E-state index contributed by atoms with van der Waals surface area (Å²) in [5.74, 6) is -0.800. The highest BCUT2D eigenvalue weighted by molar-refractivity contribution is 7.98. The Balaban J connectivity index is 2.37. The van der Waals surface area contributed by atoms with Gasteiger partial charge in [-0.1, -0.05) is 42.5 Å². The Hall–Kier alpha value is -2.31. The molecule has 0 aliphatic carbocycles. The number of halogens is 1. The molecule has 0 unspecified atom stereocenters. The van der Waals surface area contributed by atoms with E-state index in [0.717, 1.165) is 17.7 Å². The van der Waals surface area contributed by atoms with Crippen molar-refractivity contribution in [3.05, 3.63) is 59.4 Å². The van der Waals surface area contributed by atoms with Gasteiger partial charge < -0.3 is 9.90 Å². The fourth-order valence-electron chi connectivity index (χ4n) is 2.04. The van der Waals surface area contributed by atoms with E-state index >= 15 is 0 Å². The van der Waals surface area contributed by atoms with Gasteiger partial charge in [-0.15, -0.1) is 0 Å². The fraction of sp³-hybridized carbons (Fsp3) is 0.118. The number of hydrogen-bond donors (Lipinski definition) is 2. The van der Waals surface area contributed by atoms with Crippen molar-refractivity contribution in [2.75, 3.05) is 17.9 Å². The maximum absolute atomic E-state index is 14.7. The highest BCUT2D eigenvalue weighted by Crippen LogP contribution is 2.35. The van der Waals surface area contributed by atoms with Crippen molar-refractivity contribution < 1.29 is 14.3 Å². The Morgan fingerprint density at radius 1 is 1.22 bits per heavy atom. The number of benzene rings is 2.